The Morgan fingerprint density at radius 3 is 2.89 bits per heavy atom. The van der Waals surface area contributed by atoms with Gasteiger partial charge in [-0.3, -0.25) is 9.69 Å². The summed E-state index contributed by atoms with van der Waals surface area (Å²) in [5.74, 6) is -0.893. The second-order valence-electron chi connectivity index (χ2n) is 4.29. The number of rotatable bonds is 4. The van der Waals surface area contributed by atoms with Crippen LogP contribution in [0.2, 0.25) is 0 Å². The van der Waals surface area contributed by atoms with Gasteiger partial charge >= 0.3 is 12.0 Å². The summed E-state index contributed by atoms with van der Waals surface area (Å²) < 4.78 is 0. The molecule has 0 bridgehead atoms. The first-order chi connectivity index (χ1) is 8.63. The third-order valence-electron chi connectivity index (χ3n) is 3.12. The first kappa shape index (κ1) is 12.4. The van der Waals surface area contributed by atoms with Crippen molar-refractivity contribution >= 4 is 17.7 Å². The summed E-state index contributed by atoms with van der Waals surface area (Å²) in [6, 6.07) is 7.06. The monoisotopic (exact) mass is 248 g/mol. The van der Waals surface area contributed by atoms with Crippen LogP contribution in [0.4, 0.5) is 10.5 Å². The van der Waals surface area contributed by atoms with E-state index in [2.05, 4.69) is 5.32 Å². The number of aliphatic carboxylic acids is 1. The lowest BCUT2D eigenvalue weighted by atomic mass is 10.1. The number of nitrogens with zero attached hydrogens (tertiary/aromatic N) is 1. The van der Waals surface area contributed by atoms with Gasteiger partial charge in [-0.05, 0) is 18.1 Å². The summed E-state index contributed by atoms with van der Waals surface area (Å²) >= 11 is 0. The highest BCUT2D eigenvalue weighted by molar-refractivity contribution is 5.96. The number of para-hydroxylation sites is 1. The molecule has 1 heterocycles. The summed E-state index contributed by atoms with van der Waals surface area (Å²) in [6.07, 6.45) is 0.760. The van der Waals surface area contributed by atoms with Crippen molar-refractivity contribution in [2.45, 2.75) is 25.8 Å². The lowest BCUT2D eigenvalue weighted by Crippen LogP contribution is -2.36. The molecule has 0 aromatic heterocycles. The molecule has 1 saturated heterocycles. The minimum Gasteiger partial charge on any atom is -0.481 e. The van der Waals surface area contributed by atoms with Crippen LogP contribution in [0.3, 0.4) is 0 Å². The van der Waals surface area contributed by atoms with E-state index in [1.165, 1.54) is 0 Å². The van der Waals surface area contributed by atoms with E-state index in [-0.39, 0.29) is 18.5 Å². The van der Waals surface area contributed by atoms with Gasteiger partial charge in [0.1, 0.15) is 0 Å². The quantitative estimate of drug-likeness (QED) is 0.850. The Bertz CT molecular complexity index is 473. The molecule has 18 heavy (non-hydrogen) atoms. The van der Waals surface area contributed by atoms with Crippen LogP contribution in [0.25, 0.3) is 0 Å². The predicted molar refractivity (Wildman–Crippen MR) is 67.7 cm³/mol. The number of carboxylic acids is 1. The third kappa shape index (κ3) is 2.30. The summed E-state index contributed by atoms with van der Waals surface area (Å²) in [4.78, 5) is 24.2. The number of aryl methyl sites for hydroxylation is 1. The Hall–Kier alpha value is -2.04. The second-order valence-corrected chi connectivity index (χ2v) is 4.29. The van der Waals surface area contributed by atoms with Crippen LogP contribution in [0, 0.1) is 0 Å². The van der Waals surface area contributed by atoms with E-state index in [0.717, 1.165) is 17.7 Å². The highest BCUT2D eigenvalue weighted by Crippen LogP contribution is 2.26. The first-order valence-electron chi connectivity index (χ1n) is 6.00. The van der Waals surface area contributed by atoms with E-state index in [9.17, 15) is 9.59 Å². The Balaban J connectivity index is 2.33. The average molecular weight is 248 g/mol. The molecule has 1 aliphatic heterocycles. The van der Waals surface area contributed by atoms with E-state index in [0.29, 0.717) is 6.54 Å². The second kappa shape index (κ2) is 5.08. The molecule has 2 amide bonds. The fourth-order valence-electron chi connectivity index (χ4n) is 2.26. The number of hydrogen-bond donors (Lipinski definition) is 2. The molecule has 1 aliphatic rings. The van der Waals surface area contributed by atoms with E-state index < -0.39 is 5.97 Å². The number of amides is 2. The molecule has 1 unspecified atom stereocenters. The molecule has 1 fully saturated rings. The Morgan fingerprint density at radius 2 is 2.22 bits per heavy atom. The molecule has 2 N–H and O–H groups in total. The minimum absolute atomic E-state index is 0.0449. The van der Waals surface area contributed by atoms with Crippen molar-refractivity contribution in [1.29, 1.82) is 0 Å². The predicted octanol–water partition coefficient (Wildman–Crippen LogP) is 1.62. The van der Waals surface area contributed by atoms with Gasteiger partial charge in [-0.1, -0.05) is 25.1 Å². The molecule has 1 atom stereocenters. The number of carboxylic acid groups (broad SMARTS) is 1. The van der Waals surface area contributed by atoms with Gasteiger partial charge in [0, 0.05) is 12.2 Å². The normalized spacial score (nSPS) is 18.8. The van der Waals surface area contributed by atoms with Crippen molar-refractivity contribution < 1.29 is 14.7 Å². The number of benzene rings is 1. The molecular formula is C13H16N2O3. The molecule has 0 aliphatic carbocycles. The average Bonchev–Trinajstić information content (AvgIpc) is 2.69. The fourth-order valence-corrected chi connectivity index (χ4v) is 2.26. The molecule has 0 spiro atoms. The van der Waals surface area contributed by atoms with Crippen LogP contribution >= 0.6 is 0 Å². The number of hydrogen-bond acceptors (Lipinski definition) is 2. The largest absolute Gasteiger partial charge is 0.481 e. The molecule has 5 heteroatoms. The van der Waals surface area contributed by atoms with Gasteiger partial charge in [0.2, 0.25) is 0 Å². The van der Waals surface area contributed by atoms with Crippen molar-refractivity contribution in [3.63, 3.8) is 0 Å². The minimum atomic E-state index is -0.893. The van der Waals surface area contributed by atoms with Gasteiger partial charge in [-0.2, -0.15) is 0 Å². The summed E-state index contributed by atoms with van der Waals surface area (Å²) in [5, 5.41) is 11.6. The summed E-state index contributed by atoms with van der Waals surface area (Å²) in [5.41, 5.74) is 1.85. The van der Waals surface area contributed by atoms with Crippen LogP contribution in [0.1, 0.15) is 18.9 Å². The van der Waals surface area contributed by atoms with E-state index in [4.69, 9.17) is 5.11 Å². The van der Waals surface area contributed by atoms with E-state index >= 15 is 0 Å². The molecule has 0 radical (unpaired) electrons. The maximum atomic E-state index is 11.9. The summed E-state index contributed by atoms with van der Waals surface area (Å²) in [7, 11) is 0. The molecule has 2 rings (SSSR count). The Labute approximate surface area is 105 Å². The standard InChI is InChI=1S/C13H16N2O3/c1-2-9-5-3-4-6-11(9)15-10(7-12(16)17)8-14-13(15)18/h3-6,10H,2,7-8H2,1H3,(H,14,18)(H,16,17). The zero-order valence-corrected chi connectivity index (χ0v) is 10.2. The van der Waals surface area contributed by atoms with Gasteiger partial charge < -0.3 is 10.4 Å². The smallest absolute Gasteiger partial charge is 0.322 e. The van der Waals surface area contributed by atoms with Crippen LogP contribution in [-0.2, 0) is 11.2 Å². The molecular weight excluding hydrogens is 232 g/mol. The van der Waals surface area contributed by atoms with Gasteiger partial charge in [-0.25, -0.2) is 4.79 Å². The zero-order chi connectivity index (χ0) is 13.1. The Morgan fingerprint density at radius 1 is 1.50 bits per heavy atom. The van der Waals surface area contributed by atoms with Crippen molar-refractivity contribution in [3.8, 4) is 0 Å². The van der Waals surface area contributed by atoms with Crippen LogP contribution in [0.15, 0.2) is 24.3 Å². The van der Waals surface area contributed by atoms with Gasteiger partial charge in [0.15, 0.2) is 0 Å². The first-order valence-corrected chi connectivity index (χ1v) is 6.00. The lowest BCUT2D eigenvalue weighted by Gasteiger charge is -2.24. The van der Waals surface area contributed by atoms with Crippen molar-refractivity contribution in [2.75, 3.05) is 11.4 Å². The molecule has 0 saturated carbocycles. The van der Waals surface area contributed by atoms with Crippen molar-refractivity contribution in [3.05, 3.63) is 29.8 Å². The maximum absolute atomic E-state index is 11.9. The number of carbonyl (C=O) groups is 2. The molecule has 5 nitrogen and oxygen atoms in total. The molecule has 96 valence electrons. The zero-order valence-electron chi connectivity index (χ0n) is 10.2. The fraction of sp³-hybridized carbons (Fsp3) is 0.385. The number of carbonyl (C=O) groups excluding carboxylic acids is 1. The van der Waals surface area contributed by atoms with Crippen LogP contribution in [0.5, 0.6) is 0 Å². The van der Waals surface area contributed by atoms with Gasteiger partial charge in [-0.15, -0.1) is 0 Å². The number of nitrogens with one attached hydrogen (secondary N) is 1. The van der Waals surface area contributed by atoms with Gasteiger partial charge in [0.25, 0.3) is 0 Å². The SMILES string of the molecule is CCc1ccccc1N1C(=O)NCC1CC(=O)O. The maximum Gasteiger partial charge on any atom is 0.322 e. The van der Waals surface area contributed by atoms with E-state index in [1.54, 1.807) is 4.90 Å². The molecule has 1 aromatic rings. The topological polar surface area (TPSA) is 69.6 Å². The van der Waals surface area contributed by atoms with Crippen LogP contribution in [-0.4, -0.2) is 29.7 Å². The highest BCUT2D eigenvalue weighted by Gasteiger charge is 2.34. The lowest BCUT2D eigenvalue weighted by molar-refractivity contribution is -0.137. The van der Waals surface area contributed by atoms with Crippen LogP contribution < -0.4 is 10.2 Å². The number of anilines is 1. The number of urea groups is 1. The van der Waals surface area contributed by atoms with E-state index in [1.807, 2.05) is 31.2 Å². The molecule has 1 aromatic carbocycles. The summed E-state index contributed by atoms with van der Waals surface area (Å²) in [6.45, 7) is 2.39. The van der Waals surface area contributed by atoms with Gasteiger partial charge in [0.05, 0.1) is 12.5 Å². The highest BCUT2D eigenvalue weighted by atomic mass is 16.4. The third-order valence-corrected chi connectivity index (χ3v) is 3.12. The van der Waals surface area contributed by atoms with Crippen molar-refractivity contribution in [1.82, 2.24) is 5.32 Å². The Kier molecular flexibility index (Phi) is 3.50. The van der Waals surface area contributed by atoms with Crippen molar-refractivity contribution in [2.24, 2.45) is 0 Å².